The molecule has 2 N–H and O–H groups in total. The lowest BCUT2D eigenvalue weighted by atomic mass is 10.0. The number of carbonyl (C=O) groups is 5. The first-order valence-corrected chi connectivity index (χ1v) is 14.8. The second kappa shape index (κ2) is 18.6. The maximum atomic E-state index is 13.1. The average molecular weight is 601 g/mol. The molecular formula is C29H40N6O8. The number of piperidine rings is 1. The summed E-state index contributed by atoms with van der Waals surface area (Å²) in [7, 11) is 0. The van der Waals surface area contributed by atoms with Gasteiger partial charge < -0.3 is 19.5 Å². The molecule has 1 unspecified atom stereocenters. The first kappa shape index (κ1) is 33.7. The Morgan fingerprint density at radius 3 is 2.23 bits per heavy atom. The molecule has 5 amide bonds. The van der Waals surface area contributed by atoms with Crippen LogP contribution in [0.4, 0.5) is 5.69 Å². The average Bonchev–Trinajstić information content (AvgIpc) is 3.24. The zero-order valence-electron chi connectivity index (χ0n) is 24.4. The van der Waals surface area contributed by atoms with Crippen molar-refractivity contribution < 1.29 is 38.2 Å². The van der Waals surface area contributed by atoms with E-state index in [-0.39, 0.29) is 42.0 Å². The number of carbonyl (C=O) groups excluding carboxylic acids is 5. The highest BCUT2D eigenvalue weighted by molar-refractivity contribution is 6.26. The number of amides is 5. The van der Waals surface area contributed by atoms with Crippen molar-refractivity contribution >= 4 is 35.2 Å². The Balaban J connectivity index is 1.22. The van der Waals surface area contributed by atoms with Gasteiger partial charge in [-0.3, -0.25) is 34.2 Å². The lowest BCUT2D eigenvalue weighted by Gasteiger charge is -2.27. The maximum absolute atomic E-state index is 13.1. The number of nitrogens with zero attached hydrogens (tertiary/aromatic N) is 4. The van der Waals surface area contributed by atoms with Gasteiger partial charge in [0.15, 0.2) is 0 Å². The molecule has 14 nitrogen and oxygen atoms in total. The van der Waals surface area contributed by atoms with Gasteiger partial charge in [0.1, 0.15) is 6.04 Å². The number of azide groups is 1. The molecule has 0 saturated carbocycles. The van der Waals surface area contributed by atoms with Crippen LogP contribution in [0, 0.1) is 0 Å². The van der Waals surface area contributed by atoms with Gasteiger partial charge in [-0.1, -0.05) is 30.4 Å². The molecule has 3 rings (SSSR count). The molecule has 43 heavy (non-hydrogen) atoms. The number of fused-ring (bicyclic) bond motifs is 1. The van der Waals surface area contributed by atoms with Crippen molar-refractivity contribution in [1.29, 1.82) is 0 Å². The molecule has 2 aliphatic heterocycles. The van der Waals surface area contributed by atoms with Gasteiger partial charge in [0.25, 0.3) is 11.8 Å². The van der Waals surface area contributed by atoms with Gasteiger partial charge >= 0.3 is 0 Å². The second-order valence-corrected chi connectivity index (χ2v) is 10.2. The number of hydrogen-bond donors (Lipinski definition) is 2. The molecule has 234 valence electrons. The Morgan fingerprint density at radius 1 is 0.907 bits per heavy atom. The van der Waals surface area contributed by atoms with E-state index in [4.69, 9.17) is 19.7 Å². The summed E-state index contributed by atoms with van der Waals surface area (Å²) in [6.45, 7) is 3.80. The SMILES string of the molecule is [N-]=[N+]=NCCCCCCOCCOCCOCCCCCC(=O)Nc1cccc2c1C(=O)N(C1CCC(=O)NC1=O)C2=O. The fourth-order valence-corrected chi connectivity index (χ4v) is 4.83. The molecule has 1 atom stereocenters. The normalized spacial score (nSPS) is 16.2. The number of ether oxygens (including phenoxy) is 3. The summed E-state index contributed by atoms with van der Waals surface area (Å²) in [6.07, 6.45) is 6.48. The van der Waals surface area contributed by atoms with E-state index in [0.29, 0.717) is 52.6 Å². The topological polar surface area (TPSA) is 189 Å². The lowest BCUT2D eigenvalue weighted by molar-refractivity contribution is -0.136. The third-order valence-corrected chi connectivity index (χ3v) is 7.04. The molecule has 0 radical (unpaired) electrons. The van der Waals surface area contributed by atoms with Crippen molar-refractivity contribution in [3.63, 3.8) is 0 Å². The zero-order valence-corrected chi connectivity index (χ0v) is 24.4. The number of unbranched alkanes of at least 4 members (excludes halogenated alkanes) is 5. The third kappa shape index (κ3) is 10.7. The van der Waals surface area contributed by atoms with Crippen LogP contribution in [0.25, 0.3) is 10.4 Å². The number of benzene rings is 1. The van der Waals surface area contributed by atoms with E-state index >= 15 is 0 Å². The summed E-state index contributed by atoms with van der Waals surface area (Å²) in [6, 6.07) is 3.54. The maximum Gasteiger partial charge on any atom is 0.264 e. The summed E-state index contributed by atoms with van der Waals surface area (Å²) in [4.78, 5) is 66.0. The van der Waals surface area contributed by atoms with Crippen LogP contribution in [0.3, 0.4) is 0 Å². The minimum Gasteiger partial charge on any atom is -0.379 e. The van der Waals surface area contributed by atoms with Gasteiger partial charge in [0.2, 0.25) is 17.7 Å². The number of nitrogens with one attached hydrogen (secondary N) is 2. The third-order valence-electron chi connectivity index (χ3n) is 7.04. The van der Waals surface area contributed by atoms with E-state index < -0.39 is 29.7 Å². The number of imide groups is 2. The molecule has 2 aliphatic rings. The van der Waals surface area contributed by atoms with Gasteiger partial charge in [0, 0.05) is 37.5 Å². The van der Waals surface area contributed by atoms with Crippen molar-refractivity contribution in [3.05, 3.63) is 39.8 Å². The second-order valence-electron chi connectivity index (χ2n) is 10.2. The molecule has 1 aromatic rings. The van der Waals surface area contributed by atoms with Gasteiger partial charge in [0.05, 0.1) is 43.2 Å². The van der Waals surface area contributed by atoms with Gasteiger partial charge in [-0.25, -0.2) is 0 Å². The zero-order chi connectivity index (χ0) is 30.9. The van der Waals surface area contributed by atoms with Crippen LogP contribution in [0.15, 0.2) is 23.3 Å². The number of hydrogen-bond acceptors (Lipinski definition) is 9. The summed E-state index contributed by atoms with van der Waals surface area (Å²) < 4.78 is 16.6. The Labute approximate surface area is 250 Å². The summed E-state index contributed by atoms with van der Waals surface area (Å²) >= 11 is 0. The summed E-state index contributed by atoms with van der Waals surface area (Å²) in [5.74, 6) is -2.69. The van der Waals surface area contributed by atoms with Crippen LogP contribution < -0.4 is 10.6 Å². The smallest absolute Gasteiger partial charge is 0.264 e. The molecule has 1 fully saturated rings. The Bertz CT molecular complexity index is 1190. The molecule has 1 aromatic carbocycles. The number of anilines is 1. The van der Waals surface area contributed by atoms with E-state index in [1.165, 1.54) is 6.07 Å². The highest BCUT2D eigenvalue weighted by atomic mass is 16.5. The van der Waals surface area contributed by atoms with Crippen molar-refractivity contribution in [1.82, 2.24) is 10.2 Å². The van der Waals surface area contributed by atoms with Crippen molar-refractivity contribution in [2.75, 3.05) is 51.5 Å². The van der Waals surface area contributed by atoms with E-state index in [9.17, 15) is 24.0 Å². The van der Waals surface area contributed by atoms with Crippen molar-refractivity contribution in [2.24, 2.45) is 5.11 Å². The highest BCUT2D eigenvalue weighted by Crippen LogP contribution is 2.32. The monoisotopic (exact) mass is 600 g/mol. The molecule has 14 heteroatoms. The summed E-state index contributed by atoms with van der Waals surface area (Å²) in [5.41, 5.74) is 8.61. The molecule has 2 heterocycles. The Hall–Kier alpha value is -3.84. The molecule has 0 aliphatic carbocycles. The molecular weight excluding hydrogens is 560 g/mol. The fourth-order valence-electron chi connectivity index (χ4n) is 4.83. The lowest BCUT2D eigenvalue weighted by Crippen LogP contribution is -2.54. The Morgan fingerprint density at radius 2 is 1.56 bits per heavy atom. The molecule has 1 saturated heterocycles. The van der Waals surface area contributed by atoms with Gasteiger partial charge in [-0.2, -0.15) is 0 Å². The van der Waals surface area contributed by atoms with Crippen molar-refractivity contribution in [3.8, 4) is 0 Å². The van der Waals surface area contributed by atoms with Crippen LogP contribution in [-0.4, -0.2) is 86.7 Å². The molecule has 0 spiro atoms. The first-order chi connectivity index (χ1) is 20.9. The Kier molecular flexibility index (Phi) is 14.6. The van der Waals surface area contributed by atoms with Gasteiger partial charge in [-0.05, 0) is 49.8 Å². The van der Waals surface area contributed by atoms with Crippen LogP contribution in [0.1, 0.15) is 84.9 Å². The number of rotatable bonds is 21. The standard InChI is InChI=1S/C29H40N6O8/c30-34-31-14-5-1-2-6-15-41-17-19-43-20-18-42-16-7-3-4-11-24(36)32-22-10-8-9-21-26(22)29(40)35(28(21)39)23-12-13-25(37)33-27(23)38/h8-10,23H,1-7,11-20H2,(H,32,36)(H,33,37,38). The highest BCUT2D eigenvalue weighted by Gasteiger charge is 2.45. The van der Waals surface area contributed by atoms with Crippen LogP contribution in [0.2, 0.25) is 0 Å². The largest absolute Gasteiger partial charge is 0.379 e. The van der Waals surface area contributed by atoms with Crippen LogP contribution in [-0.2, 0) is 28.6 Å². The van der Waals surface area contributed by atoms with Crippen LogP contribution in [0.5, 0.6) is 0 Å². The van der Waals surface area contributed by atoms with Crippen molar-refractivity contribution in [2.45, 2.75) is 70.3 Å². The predicted octanol–water partition coefficient (Wildman–Crippen LogP) is 3.51. The minimum absolute atomic E-state index is 0.0346. The summed E-state index contributed by atoms with van der Waals surface area (Å²) in [5, 5.41) is 8.40. The van der Waals surface area contributed by atoms with Gasteiger partial charge in [-0.15, -0.1) is 0 Å². The van der Waals surface area contributed by atoms with Crippen LogP contribution >= 0.6 is 0 Å². The van der Waals surface area contributed by atoms with E-state index in [1.807, 2.05) is 0 Å². The first-order valence-electron chi connectivity index (χ1n) is 14.8. The van der Waals surface area contributed by atoms with E-state index in [0.717, 1.165) is 43.4 Å². The molecule has 0 aromatic heterocycles. The fraction of sp³-hybridized carbons (Fsp3) is 0.621. The quantitative estimate of drug-likeness (QED) is 0.0704. The minimum atomic E-state index is -1.06. The van der Waals surface area contributed by atoms with E-state index in [1.54, 1.807) is 12.1 Å². The predicted molar refractivity (Wildman–Crippen MR) is 155 cm³/mol. The van der Waals surface area contributed by atoms with E-state index in [2.05, 4.69) is 20.7 Å². The molecule has 0 bridgehead atoms.